The minimum absolute atomic E-state index is 0.0925. The molecule has 0 aromatic heterocycles. The van der Waals surface area contributed by atoms with Crippen LogP contribution >= 0.6 is 0 Å². The number of amides is 2. The number of carbonyl (C=O) groups is 2. The summed E-state index contributed by atoms with van der Waals surface area (Å²) in [5.41, 5.74) is 8.26. The van der Waals surface area contributed by atoms with E-state index in [0.29, 0.717) is 49.6 Å². The highest BCUT2D eigenvalue weighted by Crippen LogP contribution is 2.31. The first kappa shape index (κ1) is 17.1. The fraction of sp³-hybridized carbons (Fsp3) is 0.474. The number of ether oxygens (including phenoxy) is 2. The molecule has 1 aromatic carbocycles. The lowest BCUT2D eigenvalue weighted by atomic mass is 10.0. The van der Waals surface area contributed by atoms with Crippen LogP contribution in [0.3, 0.4) is 0 Å². The van der Waals surface area contributed by atoms with Gasteiger partial charge in [0, 0.05) is 24.2 Å². The Morgan fingerprint density at radius 3 is 2.92 bits per heavy atom. The molecule has 0 radical (unpaired) electrons. The Bertz CT molecular complexity index is 763. The van der Waals surface area contributed by atoms with Crippen molar-refractivity contribution in [2.24, 2.45) is 5.73 Å². The third-order valence-electron chi connectivity index (χ3n) is 5.23. The van der Waals surface area contributed by atoms with E-state index in [9.17, 15) is 9.59 Å². The highest BCUT2D eigenvalue weighted by atomic mass is 16.5. The molecule has 2 amide bonds. The van der Waals surface area contributed by atoms with Gasteiger partial charge in [-0.2, -0.15) is 0 Å². The van der Waals surface area contributed by atoms with Crippen LogP contribution in [0.25, 0.3) is 0 Å². The second-order valence-corrected chi connectivity index (χ2v) is 7.08. The average Bonchev–Trinajstić information content (AvgIpc) is 2.93. The van der Waals surface area contributed by atoms with Gasteiger partial charge in [0.05, 0.1) is 19.3 Å². The van der Waals surface area contributed by atoms with E-state index in [1.165, 1.54) is 0 Å². The number of piperidine rings is 1. The Kier molecular flexibility index (Phi) is 4.42. The summed E-state index contributed by atoms with van der Waals surface area (Å²) in [6.07, 6.45) is 1.94. The van der Waals surface area contributed by atoms with Gasteiger partial charge in [-0.1, -0.05) is 6.58 Å². The molecule has 0 spiro atoms. The molecule has 1 aromatic rings. The predicted molar refractivity (Wildman–Crippen MR) is 94.4 cm³/mol. The van der Waals surface area contributed by atoms with Gasteiger partial charge in [0.2, 0.25) is 5.91 Å². The van der Waals surface area contributed by atoms with E-state index in [1.807, 2.05) is 6.07 Å². The standard InChI is InChI=1S/C19H23N3O4/c1-11-2-5-16(18(23)21-11)22-9-12-8-13(3-4-14(12)19(22)24)26-17-6-7-25-10-15(17)20/h3-4,8,15-17H,1-2,5-7,9-10,20H2,(H,21,23)/t15-,16?,17+/m1/s1. The van der Waals surface area contributed by atoms with E-state index in [1.54, 1.807) is 17.0 Å². The largest absolute Gasteiger partial charge is 0.489 e. The van der Waals surface area contributed by atoms with E-state index >= 15 is 0 Å². The summed E-state index contributed by atoms with van der Waals surface area (Å²) in [5.74, 6) is 0.427. The van der Waals surface area contributed by atoms with Gasteiger partial charge in [-0.3, -0.25) is 9.59 Å². The number of fused-ring (bicyclic) bond motifs is 1. The fourth-order valence-electron chi connectivity index (χ4n) is 3.77. The lowest BCUT2D eigenvalue weighted by Gasteiger charge is -2.30. The average molecular weight is 357 g/mol. The molecule has 3 atom stereocenters. The Hall–Kier alpha value is -2.38. The zero-order valence-electron chi connectivity index (χ0n) is 14.6. The van der Waals surface area contributed by atoms with Crippen molar-refractivity contribution in [2.75, 3.05) is 13.2 Å². The molecule has 3 aliphatic heterocycles. The summed E-state index contributed by atoms with van der Waals surface area (Å²) in [6, 6.07) is 4.85. The number of allylic oxidation sites excluding steroid dienone is 1. The van der Waals surface area contributed by atoms with E-state index in [4.69, 9.17) is 15.2 Å². The van der Waals surface area contributed by atoms with Crippen LogP contribution in [0.1, 0.15) is 35.2 Å². The molecule has 0 bridgehead atoms. The van der Waals surface area contributed by atoms with Gasteiger partial charge in [0.15, 0.2) is 0 Å². The number of benzene rings is 1. The minimum atomic E-state index is -0.450. The van der Waals surface area contributed by atoms with Crippen LogP contribution in [0.4, 0.5) is 0 Å². The topological polar surface area (TPSA) is 93.9 Å². The number of rotatable bonds is 3. The van der Waals surface area contributed by atoms with Crippen LogP contribution in [-0.2, 0) is 16.1 Å². The number of hydrogen-bond donors (Lipinski definition) is 2. The highest BCUT2D eigenvalue weighted by Gasteiger charge is 2.38. The first-order valence-corrected chi connectivity index (χ1v) is 8.95. The lowest BCUT2D eigenvalue weighted by Crippen LogP contribution is -2.49. The van der Waals surface area contributed by atoms with Gasteiger partial charge in [0.25, 0.3) is 5.91 Å². The SMILES string of the molecule is C=C1CCC(N2Cc3cc(O[C@H]4CCOC[C@H]4N)ccc3C2=O)C(=O)N1. The third kappa shape index (κ3) is 3.08. The maximum Gasteiger partial charge on any atom is 0.255 e. The number of carbonyl (C=O) groups excluding carboxylic acids is 2. The highest BCUT2D eigenvalue weighted by molar-refractivity contribution is 6.01. The molecule has 3 N–H and O–H groups in total. The van der Waals surface area contributed by atoms with Crippen LogP contribution in [0.2, 0.25) is 0 Å². The fourth-order valence-corrected chi connectivity index (χ4v) is 3.77. The quantitative estimate of drug-likeness (QED) is 0.839. The van der Waals surface area contributed by atoms with Crippen molar-refractivity contribution in [1.82, 2.24) is 10.2 Å². The number of nitrogens with two attached hydrogens (primary N) is 1. The molecule has 0 saturated carbocycles. The van der Waals surface area contributed by atoms with Gasteiger partial charge in [-0.25, -0.2) is 0 Å². The van der Waals surface area contributed by atoms with Crippen LogP contribution < -0.4 is 15.8 Å². The monoisotopic (exact) mass is 357 g/mol. The van der Waals surface area contributed by atoms with Crippen LogP contribution in [-0.4, -0.2) is 48.1 Å². The molecule has 3 heterocycles. The van der Waals surface area contributed by atoms with Crippen LogP contribution in [0.5, 0.6) is 5.75 Å². The summed E-state index contributed by atoms with van der Waals surface area (Å²) in [4.78, 5) is 26.6. The zero-order chi connectivity index (χ0) is 18.3. The number of nitrogens with zero attached hydrogens (tertiary/aromatic N) is 1. The summed E-state index contributed by atoms with van der Waals surface area (Å²) in [7, 11) is 0. The third-order valence-corrected chi connectivity index (χ3v) is 5.23. The maximum atomic E-state index is 12.7. The lowest BCUT2D eigenvalue weighted by molar-refractivity contribution is -0.126. The van der Waals surface area contributed by atoms with Crippen molar-refractivity contribution in [3.05, 3.63) is 41.6 Å². The van der Waals surface area contributed by atoms with E-state index < -0.39 is 6.04 Å². The summed E-state index contributed by atoms with van der Waals surface area (Å²) in [6.45, 7) is 5.33. The van der Waals surface area contributed by atoms with Crippen molar-refractivity contribution in [2.45, 2.75) is 44.0 Å². The van der Waals surface area contributed by atoms with Crippen LogP contribution in [0.15, 0.2) is 30.5 Å². The molecule has 3 aliphatic rings. The van der Waals surface area contributed by atoms with Crippen molar-refractivity contribution in [3.63, 3.8) is 0 Å². The second kappa shape index (κ2) is 6.74. The normalized spacial score (nSPS) is 28.7. The summed E-state index contributed by atoms with van der Waals surface area (Å²) >= 11 is 0. The summed E-state index contributed by atoms with van der Waals surface area (Å²) in [5, 5.41) is 2.75. The molecule has 138 valence electrons. The predicted octanol–water partition coefficient (Wildman–Crippen LogP) is 0.930. The van der Waals surface area contributed by atoms with Crippen molar-refractivity contribution in [3.8, 4) is 5.75 Å². The molecule has 2 fully saturated rings. The van der Waals surface area contributed by atoms with Gasteiger partial charge < -0.3 is 25.4 Å². The molecule has 7 heteroatoms. The van der Waals surface area contributed by atoms with Crippen molar-refractivity contribution in [1.29, 1.82) is 0 Å². The van der Waals surface area contributed by atoms with Gasteiger partial charge in [0.1, 0.15) is 17.9 Å². The van der Waals surface area contributed by atoms with Gasteiger partial charge in [-0.05, 0) is 36.6 Å². The van der Waals surface area contributed by atoms with E-state index in [2.05, 4.69) is 11.9 Å². The number of hydrogen-bond acceptors (Lipinski definition) is 5. The Balaban J connectivity index is 1.49. The minimum Gasteiger partial charge on any atom is -0.489 e. The van der Waals surface area contributed by atoms with Crippen molar-refractivity contribution < 1.29 is 19.1 Å². The maximum absolute atomic E-state index is 12.7. The molecular weight excluding hydrogens is 334 g/mol. The molecule has 26 heavy (non-hydrogen) atoms. The molecule has 1 unspecified atom stereocenters. The van der Waals surface area contributed by atoms with E-state index in [-0.39, 0.29) is 24.0 Å². The Labute approximate surface area is 152 Å². The van der Waals surface area contributed by atoms with Gasteiger partial charge in [-0.15, -0.1) is 0 Å². The molecule has 0 aliphatic carbocycles. The Morgan fingerprint density at radius 1 is 1.31 bits per heavy atom. The Morgan fingerprint density at radius 2 is 2.15 bits per heavy atom. The smallest absolute Gasteiger partial charge is 0.255 e. The zero-order valence-corrected chi connectivity index (χ0v) is 14.6. The first-order chi connectivity index (χ1) is 12.5. The van der Waals surface area contributed by atoms with Crippen molar-refractivity contribution >= 4 is 11.8 Å². The van der Waals surface area contributed by atoms with Crippen LogP contribution in [0, 0.1) is 0 Å². The number of nitrogens with one attached hydrogen (secondary N) is 1. The van der Waals surface area contributed by atoms with Gasteiger partial charge >= 0.3 is 0 Å². The molecule has 2 saturated heterocycles. The molecule has 4 rings (SSSR count). The summed E-state index contributed by atoms with van der Waals surface area (Å²) < 4.78 is 11.4. The molecular formula is C19H23N3O4. The second-order valence-electron chi connectivity index (χ2n) is 7.08. The molecule has 7 nitrogen and oxygen atoms in total. The van der Waals surface area contributed by atoms with E-state index in [0.717, 1.165) is 12.0 Å². The first-order valence-electron chi connectivity index (χ1n) is 8.95.